The van der Waals surface area contributed by atoms with Gasteiger partial charge in [0.05, 0.1) is 11.5 Å². The van der Waals surface area contributed by atoms with Crippen LogP contribution in [0.3, 0.4) is 0 Å². The Hall–Kier alpha value is -1.94. The topological polar surface area (TPSA) is 106 Å². The lowest BCUT2D eigenvalue weighted by Gasteiger charge is -2.06. The zero-order valence-electron chi connectivity index (χ0n) is 9.51. The first-order chi connectivity index (χ1) is 8.65. The molecule has 19 heavy (non-hydrogen) atoms. The first-order valence-corrected chi connectivity index (χ1v) is 6.26. The largest absolute Gasteiger partial charge is 0.306 e. The van der Waals surface area contributed by atoms with Crippen molar-refractivity contribution >= 4 is 21.5 Å². The molecule has 104 valence electrons. The van der Waals surface area contributed by atoms with Crippen LogP contribution in [0.2, 0.25) is 0 Å². The van der Waals surface area contributed by atoms with Gasteiger partial charge in [-0.3, -0.25) is 14.9 Å². The Labute approximate surface area is 106 Å². The number of nitrogens with one attached hydrogen (secondary N) is 1. The van der Waals surface area contributed by atoms with Crippen molar-refractivity contribution in [1.82, 2.24) is 4.72 Å². The molecule has 1 aromatic carbocycles. The Bertz CT molecular complexity index is 644. The number of hydrogen-bond acceptors (Lipinski definition) is 5. The van der Waals surface area contributed by atoms with Gasteiger partial charge in [-0.05, 0) is 6.92 Å². The van der Waals surface area contributed by atoms with E-state index in [0.717, 1.165) is 6.92 Å². The molecule has 1 aromatic rings. The number of Topliss-reactive ketones (excluding diaryl/α,β-unsaturated/α-hetero) is 1. The van der Waals surface area contributed by atoms with E-state index in [-0.39, 0.29) is 12.1 Å². The molecule has 0 saturated heterocycles. The van der Waals surface area contributed by atoms with E-state index in [0.29, 0.717) is 0 Å². The van der Waals surface area contributed by atoms with Crippen molar-refractivity contribution in [2.75, 3.05) is 6.54 Å². The summed E-state index contributed by atoms with van der Waals surface area (Å²) in [5, 5.41) is 10.5. The fourth-order valence-electron chi connectivity index (χ4n) is 1.14. The van der Waals surface area contributed by atoms with Gasteiger partial charge < -0.3 is 0 Å². The predicted molar refractivity (Wildman–Crippen MR) is 58.9 cm³/mol. The van der Waals surface area contributed by atoms with E-state index in [1.807, 2.05) is 0 Å². The Morgan fingerprint density at radius 3 is 2.42 bits per heavy atom. The average Bonchev–Trinajstić information content (AvgIpc) is 2.25. The molecule has 0 fully saturated rings. The highest BCUT2D eigenvalue weighted by Crippen LogP contribution is 2.24. The number of halogens is 2. The zero-order valence-corrected chi connectivity index (χ0v) is 10.3. The van der Waals surface area contributed by atoms with Crippen LogP contribution in [0.4, 0.5) is 14.5 Å². The Balaban J connectivity index is 3.30. The second-order valence-corrected chi connectivity index (χ2v) is 5.25. The minimum atomic E-state index is -4.48. The number of nitro benzene ring substituents is 1. The molecule has 1 rings (SSSR count). The molecule has 0 bridgehead atoms. The third-order valence-corrected chi connectivity index (χ3v) is 3.41. The SMILES string of the molecule is CC(=O)CNS(=O)(=O)c1cc([N+](=O)[O-])c(F)cc1F. The molecule has 0 aliphatic carbocycles. The number of benzene rings is 1. The average molecular weight is 294 g/mol. The molecule has 0 amide bonds. The molecule has 0 aliphatic rings. The number of ketones is 1. The van der Waals surface area contributed by atoms with Gasteiger partial charge >= 0.3 is 5.69 Å². The van der Waals surface area contributed by atoms with Crippen LogP contribution in [0, 0.1) is 21.7 Å². The monoisotopic (exact) mass is 294 g/mol. The number of carbonyl (C=O) groups excluding carboxylic acids is 1. The van der Waals surface area contributed by atoms with Crippen LogP contribution in [0.15, 0.2) is 17.0 Å². The summed E-state index contributed by atoms with van der Waals surface area (Å²) < 4.78 is 51.3. The van der Waals surface area contributed by atoms with Crippen LogP contribution in [-0.4, -0.2) is 25.7 Å². The maximum Gasteiger partial charge on any atom is 0.306 e. The summed E-state index contributed by atoms with van der Waals surface area (Å²) in [6.07, 6.45) is 0. The number of nitrogens with zero attached hydrogens (tertiary/aromatic N) is 1. The first kappa shape index (κ1) is 15.1. The number of rotatable bonds is 5. The number of sulfonamides is 1. The molecule has 0 heterocycles. The zero-order chi connectivity index (χ0) is 14.8. The minimum Gasteiger partial charge on any atom is -0.299 e. The molecular formula is C9H8F2N2O5S. The molecule has 0 atom stereocenters. The lowest BCUT2D eigenvalue weighted by atomic mass is 10.3. The number of hydrogen-bond donors (Lipinski definition) is 1. The summed E-state index contributed by atoms with van der Waals surface area (Å²) in [6, 6.07) is 0.355. The maximum atomic E-state index is 13.3. The highest BCUT2D eigenvalue weighted by atomic mass is 32.2. The molecule has 0 radical (unpaired) electrons. The van der Waals surface area contributed by atoms with Crippen molar-refractivity contribution in [1.29, 1.82) is 0 Å². The second-order valence-electron chi connectivity index (χ2n) is 3.52. The van der Waals surface area contributed by atoms with Crippen molar-refractivity contribution in [3.8, 4) is 0 Å². The molecule has 0 spiro atoms. The lowest BCUT2D eigenvalue weighted by Crippen LogP contribution is -2.29. The third kappa shape index (κ3) is 3.51. The smallest absolute Gasteiger partial charge is 0.299 e. The second kappa shape index (κ2) is 5.36. The van der Waals surface area contributed by atoms with Gasteiger partial charge in [0.25, 0.3) is 0 Å². The molecule has 1 N–H and O–H groups in total. The molecule has 7 nitrogen and oxygen atoms in total. The van der Waals surface area contributed by atoms with Gasteiger partial charge in [0.1, 0.15) is 16.5 Å². The highest BCUT2D eigenvalue weighted by Gasteiger charge is 2.26. The highest BCUT2D eigenvalue weighted by molar-refractivity contribution is 7.89. The van der Waals surface area contributed by atoms with Gasteiger partial charge in [-0.2, -0.15) is 4.39 Å². The summed E-state index contributed by atoms with van der Waals surface area (Å²) in [7, 11) is -4.48. The van der Waals surface area contributed by atoms with E-state index in [1.54, 1.807) is 4.72 Å². The van der Waals surface area contributed by atoms with Crippen molar-refractivity contribution in [3.63, 3.8) is 0 Å². The Kier molecular flexibility index (Phi) is 4.27. The standard InChI is InChI=1S/C9H8F2N2O5S/c1-5(14)4-12-19(17,18)9-3-8(13(15)16)6(10)2-7(9)11/h2-3,12H,4H2,1H3. The van der Waals surface area contributed by atoms with E-state index in [4.69, 9.17) is 0 Å². The van der Waals surface area contributed by atoms with Crippen LogP contribution in [0.1, 0.15) is 6.92 Å². The fraction of sp³-hybridized carbons (Fsp3) is 0.222. The first-order valence-electron chi connectivity index (χ1n) is 4.77. The van der Waals surface area contributed by atoms with Crippen LogP contribution in [0.5, 0.6) is 0 Å². The minimum absolute atomic E-state index is 0.0977. The van der Waals surface area contributed by atoms with Crippen molar-refractivity contribution in [2.24, 2.45) is 0 Å². The normalized spacial score (nSPS) is 11.3. The van der Waals surface area contributed by atoms with E-state index < -0.39 is 49.5 Å². The van der Waals surface area contributed by atoms with Gasteiger partial charge in [0.2, 0.25) is 15.8 Å². The van der Waals surface area contributed by atoms with Crippen molar-refractivity contribution in [2.45, 2.75) is 11.8 Å². The van der Waals surface area contributed by atoms with Gasteiger partial charge in [-0.1, -0.05) is 0 Å². The molecular weight excluding hydrogens is 286 g/mol. The van der Waals surface area contributed by atoms with Gasteiger partial charge in [0, 0.05) is 12.1 Å². The van der Waals surface area contributed by atoms with Crippen LogP contribution >= 0.6 is 0 Å². The Morgan fingerprint density at radius 2 is 1.95 bits per heavy atom. The van der Waals surface area contributed by atoms with Gasteiger partial charge in [-0.15, -0.1) is 0 Å². The molecule has 0 unspecified atom stereocenters. The van der Waals surface area contributed by atoms with Crippen LogP contribution < -0.4 is 4.72 Å². The molecule has 0 saturated carbocycles. The third-order valence-electron chi connectivity index (χ3n) is 2.00. The van der Waals surface area contributed by atoms with Crippen LogP contribution in [-0.2, 0) is 14.8 Å². The summed E-state index contributed by atoms with van der Waals surface area (Å²) in [5.74, 6) is -3.52. The van der Waals surface area contributed by atoms with Gasteiger partial charge in [-0.25, -0.2) is 17.5 Å². The van der Waals surface area contributed by atoms with E-state index >= 15 is 0 Å². The van der Waals surface area contributed by atoms with Crippen molar-refractivity contribution in [3.05, 3.63) is 33.9 Å². The maximum absolute atomic E-state index is 13.3. The summed E-state index contributed by atoms with van der Waals surface area (Å²) in [6.45, 7) is 0.485. The summed E-state index contributed by atoms with van der Waals surface area (Å²) in [4.78, 5) is 18.8. The van der Waals surface area contributed by atoms with Crippen molar-refractivity contribution < 1.29 is 26.9 Å². The van der Waals surface area contributed by atoms with E-state index in [9.17, 15) is 32.1 Å². The molecule has 0 aliphatic heterocycles. The quantitative estimate of drug-likeness (QED) is 0.636. The Morgan fingerprint density at radius 1 is 1.37 bits per heavy atom. The molecule has 10 heteroatoms. The van der Waals surface area contributed by atoms with Crippen LogP contribution in [0.25, 0.3) is 0 Å². The molecule has 0 aromatic heterocycles. The summed E-state index contributed by atoms with van der Waals surface area (Å²) >= 11 is 0. The summed E-state index contributed by atoms with van der Waals surface area (Å²) in [5.41, 5.74) is -1.18. The predicted octanol–water partition coefficient (Wildman–Crippen LogP) is 0.740. The fourth-order valence-corrected chi connectivity index (χ4v) is 2.27. The number of nitro groups is 1. The van der Waals surface area contributed by atoms with E-state index in [1.165, 1.54) is 0 Å². The van der Waals surface area contributed by atoms with Gasteiger partial charge in [0.15, 0.2) is 0 Å². The lowest BCUT2D eigenvalue weighted by molar-refractivity contribution is -0.387. The van der Waals surface area contributed by atoms with E-state index in [2.05, 4.69) is 0 Å². The number of carbonyl (C=O) groups is 1.